The van der Waals surface area contributed by atoms with Crippen molar-refractivity contribution in [3.63, 3.8) is 0 Å². The first-order chi connectivity index (χ1) is 12.1. The maximum absolute atomic E-state index is 12.3. The number of ether oxygens (including phenoxy) is 1. The van der Waals surface area contributed by atoms with Crippen LogP contribution in [-0.2, 0) is 14.8 Å². The van der Waals surface area contributed by atoms with Crippen LogP contribution in [0.4, 0.5) is 0 Å². The molecule has 3 aromatic rings. The van der Waals surface area contributed by atoms with Gasteiger partial charge in [0.15, 0.2) is 0 Å². The molecule has 0 aliphatic rings. The van der Waals surface area contributed by atoms with E-state index in [0.29, 0.717) is 5.56 Å². The molecule has 5 nitrogen and oxygen atoms in total. The van der Waals surface area contributed by atoms with Crippen molar-refractivity contribution in [3.8, 4) is 0 Å². The van der Waals surface area contributed by atoms with Crippen LogP contribution in [0, 0.1) is 0 Å². The molecule has 25 heavy (non-hydrogen) atoms. The fourth-order valence-electron chi connectivity index (χ4n) is 2.40. The molecule has 0 aromatic heterocycles. The third-order valence-electron chi connectivity index (χ3n) is 3.67. The standard InChI is InChI=1S/C19H17NO4S/c21-19(16-7-2-1-3-8-16)24-13-12-20-25(22,23)18-11-10-15-6-4-5-9-17(15)14-18/h1-11,14,20H,12-13H2. The summed E-state index contributed by atoms with van der Waals surface area (Å²) in [7, 11) is -3.66. The third kappa shape index (κ3) is 4.23. The first-order valence-electron chi connectivity index (χ1n) is 7.77. The summed E-state index contributed by atoms with van der Waals surface area (Å²) in [5.74, 6) is -0.481. The lowest BCUT2D eigenvalue weighted by Crippen LogP contribution is -2.28. The maximum Gasteiger partial charge on any atom is 0.338 e. The molecule has 0 radical (unpaired) electrons. The highest BCUT2D eigenvalue weighted by atomic mass is 32.2. The molecule has 0 unspecified atom stereocenters. The zero-order valence-electron chi connectivity index (χ0n) is 13.4. The molecule has 0 saturated carbocycles. The van der Waals surface area contributed by atoms with E-state index in [1.807, 2.05) is 24.3 Å². The van der Waals surface area contributed by atoms with Crippen LogP contribution >= 0.6 is 0 Å². The molecule has 0 spiro atoms. The smallest absolute Gasteiger partial charge is 0.338 e. The quantitative estimate of drug-likeness (QED) is 0.545. The number of esters is 1. The lowest BCUT2D eigenvalue weighted by atomic mass is 10.1. The zero-order valence-corrected chi connectivity index (χ0v) is 14.2. The van der Waals surface area contributed by atoms with Crippen LogP contribution in [0.1, 0.15) is 10.4 Å². The molecule has 0 aliphatic heterocycles. The van der Waals surface area contributed by atoms with Crippen molar-refractivity contribution in [2.45, 2.75) is 4.90 Å². The molecule has 0 aliphatic carbocycles. The Labute approximate surface area is 146 Å². The first kappa shape index (κ1) is 17.1. The summed E-state index contributed by atoms with van der Waals surface area (Å²) in [6.07, 6.45) is 0. The average molecular weight is 355 g/mol. The van der Waals surface area contributed by atoms with Crippen molar-refractivity contribution in [2.24, 2.45) is 0 Å². The van der Waals surface area contributed by atoms with Gasteiger partial charge in [0.05, 0.1) is 10.5 Å². The van der Waals surface area contributed by atoms with Gasteiger partial charge in [-0.3, -0.25) is 0 Å². The Morgan fingerprint density at radius 2 is 1.56 bits per heavy atom. The first-order valence-corrected chi connectivity index (χ1v) is 9.25. The molecule has 6 heteroatoms. The molecule has 0 fully saturated rings. The Balaban J connectivity index is 1.59. The van der Waals surface area contributed by atoms with Crippen LogP contribution in [0.3, 0.4) is 0 Å². The van der Waals surface area contributed by atoms with Gasteiger partial charge in [0.2, 0.25) is 10.0 Å². The maximum atomic E-state index is 12.3. The number of rotatable bonds is 6. The van der Waals surface area contributed by atoms with Gasteiger partial charge in [-0.15, -0.1) is 0 Å². The Kier molecular flexibility index (Phi) is 5.11. The predicted octanol–water partition coefficient (Wildman–Crippen LogP) is 2.98. The van der Waals surface area contributed by atoms with E-state index in [9.17, 15) is 13.2 Å². The number of nitrogens with one attached hydrogen (secondary N) is 1. The van der Waals surface area contributed by atoms with Gasteiger partial charge in [0.1, 0.15) is 6.61 Å². The van der Waals surface area contributed by atoms with Gasteiger partial charge in [-0.1, -0.05) is 48.5 Å². The Bertz CT molecular complexity index is 984. The van der Waals surface area contributed by atoms with E-state index in [1.165, 1.54) is 0 Å². The van der Waals surface area contributed by atoms with Crippen molar-refractivity contribution in [1.29, 1.82) is 0 Å². The average Bonchev–Trinajstić information content (AvgIpc) is 2.65. The molecule has 0 saturated heterocycles. The highest BCUT2D eigenvalue weighted by Gasteiger charge is 2.14. The second-order valence-corrected chi connectivity index (χ2v) is 7.18. The SMILES string of the molecule is O=C(OCCNS(=O)(=O)c1ccc2ccccc2c1)c1ccccc1. The van der Waals surface area contributed by atoms with Crippen molar-refractivity contribution in [2.75, 3.05) is 13.2 Å². The van der Waals surface area contributed by atoms with Gasteiger partial charge in [-0.25, -0.2) is 17.9 Å². The van der Waals surface area contributed by atoms with Crippen LogP contribution in [-0.4, -0.2) is 27.5 Å². The van der Waals surface area contributed by atoms with E-state index in [-0.39, 0.29) is 18.0 Å². The molecular formula is C19H17NO4S. The molecule has 3 aromatic carbocycles. The van der Waals surface area contributed by atoms with E-state index < -0.39 is 16.0 Å². The van der Waals surface area contributed by atoms with E-state index in [4.69, 9.17) is 4.74 Å². The van der Waals surface area contributed by atoms with Crippen LogP contribution in [0.5, 0.6) is 0 Å². The molecular weight excluding hydrogens is 338 g/mol. The number of sulfonamides is 1. The fraction of sp³-hybridized carbons (Fsp3) is 0.105. The van der Waals surface area contributed by atoms with E-state index >= 15 is 0 Å². The summed E-state index contributed by atoms with van der Waals surface area (Å²) in [5.41, 5.74) is 0.430. The Morgan fingerprint density at radius 1 is 0.880 bits per heavy atom. The van der Waals surface area contributed by atoms with Gasteiger partial charge in [0, 0.05) is 6.54 Å². The highest BCUT2D eigenvalue weighted by molar-refractivity contribution is 7.89. The topological polar surface area (TPSA) is 72.5 Å². The van der Waals surface area contributed by atoms with Crippen LogP contribution in [0.25, 0.3) is 10.8 Å². The summed E-state index contributed by atoms with van der Waals surface area (Å²) < 4.78 is 32.2. The monoisotopic (exact) mass is 355 g/mol. The summed E-state index contributed by atoms with van der Waals surface area (Å²) in [6, 6.07) is 21.0. The van der Waals surface area contributed by atoms with Crippen LogP contribution in [0.2, 0.25) is 0 Å². The number of benzene rings is 3. The fourth-order valence-corrected chi connectivity index (χ4v) is 3.44. The van der Waals surface area contributed by atoms with Gasteiger partial charge in [0.25, 0.3) is 0 Å². The Morgan fingerprint density at radius 3 is 2.32 bits per heavy atom. The van der Waals surface area contributed by atoms with Gasteiger partial charge >= 0.3 is 5.97 Å². The van der Waals surface area contributed by atoms with E-state index in [1.54, 1.807) is 48.5 Å². The summed E-state index contributed by atoms with van der Waals surface area (Å²) in [6.45, 7) is -0.0335. The van der Waals surface area contributed by atoms with E-state index in [2.05, 4.69) is 4.72 Å². The lowest BCUT2D eigenvalue weighted by Gasteiger charge is -2.08. The highest BCUT2D eigenvalue weighted by Crippen LogP contribution is 2.18. The summed E-state index contributed by atoms with van der Waals surface area (Å²) in [4.78, 5) is 12.0. The molecule has 3 rings (SSSR count). The molecule has 128 valence electrons. The number of carbonyl (C=O) groups excluding carboxylic acids is 1. The lowest BCUT2D eigenvalue weighted by molar-refractivity contribution is 0.0513. The van der Waals surface area contributed by atoms with Gasteiger partial charge in [-0.2, -0.15) is 0 Å². The number of fused-ring (bicyclic) bond motifs is 1. The minimum atomic E-state index is -3.66. The zero-order chi connectivity index (χ0) is 17.7. The Hall–Kier alpha value is -2.70. The largest absolute Gasteiger partial charge is 0.461 e. The predicted molar refractivity (Wildman–Crippen MR) is 95.9 cm³/mol. The summed E-state index contributed by atoms with van der Waals surface area (Å²) >= 11 is 0. The van der Waals surface area contributed by atoms with Gasteiger partial charge < -0.3 is 4.74 Å². The van der Waals surface area contributed by atoms with Crippen LogP contribution in [0.15, 0.2) is 77.7 Å². The molecule has 0 atom stereocenters. The summed E-state index contributed by atoms with van der Waals surface area (Å²) in [5, 5.41) is 1.82. The van der Waals surface area contributed by atoms with E-state index in [0.717, 1.165) is 10.8 Å². The molecule has 1 N–H and O–H groups in total. The normalized spacial score (nSPS) is 11.4. The second-order valence-electron chi connectivity index (χ2n) is 5.41. The van der Waals surface area contributed by atoms with Crippen molar-refractivity contribution in [1.82, 2.24) is 4.72 Å². The van der Waals surface area contributed by atoms with Crippen LogP contribution < -0.4 is 4.72 Å². The van der Waals surface area contributed by atoms with Crippen molar-refractivity contribution >= 4 is 26.8 Å². The molecule has 0 heterocycles. The number of hydrogen-bond donors (Lipinski definition) is 1. The van der Waals surface area contributed by atoms with Crippen molar-refractivity contribution < 1.29 is 17.9 Å². The minimum Gasteiger partial charge on any atom is -0.461 e. The minimum absolute atomic E-state index is 0.00767. The number of carbonyl (C=O) groups is 1. The third-order valence-corrected chi connectivity index (χ3v) is 5.13. The molecule has 0 bridgehead atoms. The van der Waals surface area contributed by atoms with Gasteiger partial charge in [-0.05, 0) is 35.0 Å². The van der Waals surface area contributed by atoms with Crippen molar-refractivity contribution in [3.05, 3.63) is 78.4 Å². The molecule has 0 amide bonds. The second kappa shape index (κ2) is 7.46. The number of hydrogen-bond acceptors (Lipinski definition) is 4.